The van der Waals surface area contributed by atoms with Crippen LogP contribution in [0.5, 0.6) is 46.0 Å². The van der Waals surface area contributed by atoms with Gasteiger partial charge in [0.05, 0.1) is 54.6 Å². The van der Waals surface area contributed by atoms with Crippen molar-refractivity contribution in [3.05, 3.63) is 64.4 Å². The van der Waals surface area contributed by atoms with Crippen LogP contribution in [0.15, 0.2) is 42.2 Å². The van der Waals surface area contributed by atoms with Crippen LogP contribution in [-0.2, 0) is 4.79 Å². The van der Waals surface area contributed by atoms with Gasteiger partial charge in [0.1, 0.15) is 11.5 Å². The Morgan fingerprint density at radius 1 is 0.700 bits per heavy atom. The van der Waals surface area contributed by atoms with Crippen LogP contribution in [0.3, 0.4) is 0 Å². The number of hydrogen-bond acceptors (Lipinski definition) is 10. The van der Waals surface area contributed by atoms with E-state index in [1.54, 1.807) is 42.5 Å². The smallest absolute Gasteiger partial charge is 0.312 e. The Balaban J connectivity index is 1.64. The molecule has 40 heavy (non-hydrogen) atoms. The largest absolute Gasteiger partial charge is 0.493 e. The highest BCUT2D eigenvalue weighted by molar-refractivity contribution is 6.15. The summed E-state index contributed by atoms with van der Waals surface area (Å²) in [6.45, 7) is 0. The highest BCUT2D eigenvalue weighted by atomic mass is 16.5. The minimum absolute atomic E-state index is 0.00457. The van der Waals surface area contributed by atoms with Crippen LogP contribution in [0.1, 0.15) is 39.4 Å². The molecule has 1 atom stereocenters. The molecule has 0 spiro atoms. The fraction of sp³-hybridized carbons (Fsp3) is 0.267. The number of Topliss-reactive ketones (excluding diaryl/α,β-unsaturated/α-hetero) is 1. The zero-order chi connectivity index (χ0) is 28.6. The highest BCUT2D eigenvalue weighted by Gasteiger charge is 2.40. The van der Waals surface area contributed by atoms with Crippen LogP contribution in [-0.4, -0.2) is 54.4 Å². The molecule has 10 heteroatoms. The molecule has 10 nitrogen and oxygen atoms in total. The number of fused-ring (bicyclic) bond motifs is 3. The monoisotopic (exact) mass is 548 g/mol. The van der Waals surface area contributed by atoms with Gasteiger partial charge >= 0.3 is 5.97 Å². The van der Waals surface area contributed by atoms with Crippen LogP contribution in [0.25, 0.3) is 6.08 Å². The van der Waals surface area contributed by atoms with Crippen molar-refractivity contribution in [1.82, 2.24) is 0 Å². The molecule has 0 saturated carbocycles. The van der Waals surface area contributed by atoms with E-state index in [-0.39, 0.29) is 18.0 Å². The van der Waals surface area contributed by atoms with Crippen molar-refractivity contribution in [3.8, 4) is 46.0 Å². The second-order valence-corrected chi connectivity index (χ2v) is 8.87. The first-order chi connectivity index (χ1) is 19.4. The van der Waals surface area contributed by atoms with Gasteiger partial charge in [0.2, 0.25) is 17.3 Å². The van der Waals surface area contributed by atoms with E-state index < -0.39 is 11.9 Å². The van der Waals surface area contributed by atoms with E-state index in [2.05, 4.69) is 0 Å². The first-order valence-electron chi connectivity index (χ1n) is 12.3. The van der Waals surface area contributed by atoms with Crippen LogP contribution in [0.2, 0.25) is 0 Å². The van der Waals surface area contributed by atoms with Crippen LogP contribution in [0.4, 0.5) is 0 Å². The van der Waals surface area contributed by atoms with Crippen molar-refractivity contribution in [2.75, 3.05) is 42.7 Å². The predicted molar refractivity (Wildman–Crippen MR) is 144 cm³/mol. The van der Waals surface area contributed by atoms with E-state index >= 15 is 0 Å². The molecular weight excluding hydrogens is 520 g/mol. The Hall–Kier alpha value is -4.86. The third kappa shape index (κ3) is 4.21. The molecule has 2 aliphatic heterocycles. The number of ether oxygens (including phenoxy) is 8. The van der Waals surface area contributed by atoms with Gasteiger partial charge in [-0.05, 0) is 36.4 Å². The molecule has 0 unspecified atom stereocenters. The number of carbonyl (C=O) groups is 2. The number of allylic oxidation sites excluding steroid dienone is 1. The lowest BCUT2D eigenvalue weighted by Crippen LogP contribution is -2.22. The summed E-state index contributed by atoms with van der Waals surface area (Å²) in [6, 6.07) is 10.2. The third-order valence-corrected chi connectivity index (χ3v) is 6.91. The molecule has 0 aliphatic carbocycles. The summed E-state index contributed by atoms with van der Waals surface area (Å²) >= 11 is 0. The van der Waals surface area contributed by atoms with Gasteiger partial charge in [-0.25, -0.2) is 0 Å². The Morgan fingerprint density at radius 2 is 1.32 bits per heavy atom. The molecule has 5 rings (SSSR count). The first-order valence-corrected chi connectivity index (χ1v) is 12.3. The standard InChI is InChI=1S/C30H28O10/c1-33-20-10-7-15(26(35-3)29(20)37-5)13-22-25(32)17-9-11-19-24(27(17)40-22)18(14-23(31)39-19)16-8-12-21(34-2)30(38-6)28(16)36-4/h7-13,18H,14H2,1-6H3/b22-13-/t18-/m0/s1. The number of methoxy groups -OCH3 is 6. The molecule has 2 heterocycles. The lowest BCUT2D eigenvalue weighted by Gasteiger charge is -2.28. The number of benzene rings is 3. The number of carbonyl (C=O) groups excluding carboxylic acids is 2. The number of hydrogen-bond donors (Lipinski definition) is 0. The fourth-order valence-electron chi connectivity index (χ4n) is 5.15. The molecule has 0 saturated heterocycles. The summed E-state index contributed by atoms with van der Waals surface area (Å²) in [5.74, 6) is 1.87. The molecule has 2 aliphatic rings. The van der Waals surface area contributed by atoms with E-state index in [9.17, 15) is 9.59 Å². The number of ketones is 1. The molecular formula is C30H28O10. The average Bonchev–Trinajstić information content (AvgIpc) is 3.29. The van der Waals surface area contributed by atoms with Gasteiger partial charge in [-0.3, -0.25) is 9.59 Å². The van der Waals surface area contributed by atoms with Gasteiger partial charge in [-0.2, -0.15) is 0 Å². The van der Waals surface area contributed by atoms with Crippen molar-refractivity contribution < 1.29 is 47.5 Å². The summed E-state index contributed by atoms with van der Waals surface area (Å²) in [6.07, 6.45) is 1.58. The Labute approximate surface area is 230 Å². The number of rotatable bonds is 8. The minimum atomic E-state index is -0.552. The Morgan fingerprint density at radius 3 is 1.95 bits per heavy atom. The molecule has 0 fully saturated rings. The van der Waals surface area contributed by atoms with Gasteiger partial charge in [0.15, 0.2) is 28.8 Å². The zero-order valence-corrected chi connectivity index (χ0v) is 22.9. The van der Waals surface area contributed by atoms with E-state index in [4.69, 9.17) is 37.9 Å². The van der Waals surface area contributed by atoms with Crippen LogP contribution >= 0.6 is 0 Å². The normalized spacial score (nSPS) is 16.4. The summed E-state index contributed by atoms with van der Waals surface area (Å²) in [4.78, 5) is 26.2. The Kier molecular flexibility index (Phi) is 7.17. The van der Waals surface area contributed by atoms with Crippen LogP contribution in [0, 0.1) is 0 Å². The predicted octanol–water partition coefficient (Wildman–Crippen LogP) is 4.80. The van der Waals surface area contributed by atoms with Crippen molar-refractivity contribution in [1.29, 1.82) is 0 Å². The fourth-order valence-corrected chi connectivity index (χ4v) is 5.15. The van der Waals surface area contributed by atoms with E-state index in [0.717, 1.165) is 0 Å². The average molecular weight is 549 g/mol. The van der Waals surface area contributed by atoms with Crippen LogP contribution < -0.4 is 37.9 Å². The highest BCUT2D eigenvalue weighted by Crippen LogP contribution is 2.53. The Bertz CT molecular complexity index is 1540. The summed E-state index contributed by atoms with van der Waals surface area (Å²) in [7, 11) is 9.06. The van der Waals surface area contributed by atoms with Crippen molar-refractivity contribution in [2.45, 2.75) is 12.3 Å². The van der Waals surface area contributed by atoms with Gasteiger partial charge in [-0.1, -0.05) is 6.07 Å². The second-order valence-electron chi connectivity index (χ2n) is 8.87. The maximum atomic E-state index is 13.5. The molecule has 0 aromatic heterocycles. The molecule has 0 N–H and O–H groups in total. The molecule has 3 aromatic rings. The minimum Gasteiger partial charge on any atom is -0.493 e. The lowest BCUT2D eigenvalue weighted by atomic mass is 9.84. The molecule has 0 amide bonds. The second kappa shape index (κ2) is 10.7. The third-order valence-electron chi connectivity index (χ3n) is 6.91. The summed E-state index contributed by atoms with van der Waals surface area (Å²) in [5, 5.41) is 0. The van der Waals surface area contributed by atoms with Gasteiger partial charge < -0.3 is 37.9 Å². The van der Waals surface area contributed by atoms with Gasteiger partial charge in [-0.15, -0.1) is 0 Å². The summed E-state index contributed by atoms with van der Waals surface area (Å²) < 4.78 is 44.9. The van der Waals surface area contributed by atoms with E-state index in [1.165, 1.54) is 42.7 Å². The zero-order valence-electron chi connectivity index (χ0n) is 22.9. The van der Waals surface area contributed by atoms with Gasteiger partial charge in [0.25, 0.3) is 0 Å². The van der Waals surface area contributed by atoms with Crippen molar-refractivity contribution >= 4 is 17.8 Å². The van der Waals surface area contributed by atoms with E-state index in [1.807, 2.05) is 0 Å². The van der Waals surface area contributed by atoms with Crippen molar-refractivity contribution in [3.63, 3.8) is 0 Å². The molecule has 0 radical (unpaired) electrons. The maximum Gasteiger partial charge on any atom is 0.312 e. The molecule has 0 bridgehead atoms. The summed E-state index contributed by atoms with van der Waals surface area (Å²) in [5.41, 5.74) is 2.10. The quantitative estimate of drug-likeness (QED) is 0.221. The van der Waals surface area contributed by atoms with Crippen molar-refractivity contribution in [2.24, 2.45) is 0 Å². The molecule has 208 valence electrons. The van der Waals surface area contributed by atoms with Gasteiger partial charge in [0, 0.05) is 22.6 Å². The topological polar surface area (TPSA) is 108 Å². The first kappa shape index (κ1) is 26.7. The SMILES string of the molecule is COc1ccc(/C=C2\Oc3c(ccc4c3[C@H](c3ccc(OC)c(OC)c3OC)CC(=O)O4)C2=O)c(OC)c1OC. The molecule has 3 aromatic carbocycles. The number of esters is 1. The maximum absolute atomic E-state index is 13.5. The lowest BCUT2D eigenvalue weighted by molar-refractivity contribution is -0.135. The van der Waals surface area contributed by atoms with E-state index in [0.29, 0.717) is 68.2 Å².